The zero-order valence-corrected chi connectivity index (χ0v) is 28.1. The standard InChI is InChI=1S/C46H41N3/c1-3-36(2)37-24-26-42(27-25-37)49(45-32-28-43(29-33-45)47(38-16-8-4-9-17-38)39-18-10-5-11-19-39)46-34-30-44(31-35-46)48(40-20-12-6-13-21-40)41-22-14-7-15-23-41/h4-36H,3H2,1-2H3. The number of para-hydroxylation sites is 4. The third-order valence-corrected chi connectivity index (χ3v) is 9.12. The Labute approximate surface area is 291 Å². The van der Waals surface area contributed by atoms with Gasteiger partial charge in [-0.05, 0) is 127 Å². The molecular formula is C46H41N3. The molecule has 7 aromatic rings. The third-order valence-electron chi connectivity index (χ3n) is 9.12. The van der Waals surface area contributed by atoms with Crippen molar-refractivity contribution in [3.05, 3.63) is 200 Å². The second-order valence-corrected chi connectivity index (χ2v) is 12.3. The van der Waals surface area contributed by atoms with Crippen LogP contribution in [0, 0.1) is 0 Å². The Balaban J connectivity index is 1.28. The van der Waals surface area contributed by atoms with Gasteiger partial charge in [-0.3, -0.25) is 0 Å². The first-order valence-electron chi connectivity index (χ1n) is 17.1. The SMILES string of the molecule is CCC(C)c1ccc(N(c2ccc(N(c3ccccc3)c3ccccc3)cc2)c2ccc(N(c3ccccc3)c3ccccc3)cc2)cc1. The van der Waals surface area contributed by atoms with E-state index in [4.69, 9.17) is 0 Å². The molecule has 0 heterocycles. The van der Waals surface area contributed by atoms with Crippen molar-refractivity contribution in [2.45, 2.75) is 26.2 Å². The van der Waals surface area contributed by atoms with E-state index >= 15 is 0 Å². The van der Waals surface area contributed by atoms with E-state index in [-0.39, 0.29) is 0 Å². The van der Waals surface area contributed by atoms with E-state index in [9.17, 15) is 0 Å². The molecule has 240 valence electrons. The van der Waals surface area contributed by atoms with Crippen LogP contribution in [0.25, 0.3) is 0 Å². The van der Waals surface area contributed by atoms with E-state index in [0.717, 1.165) is 57.6 Å². The smallest absolute Gasteiger partial charge is 0.0463 e. The van der Waals surface area contributed by atoms with Crippen LogP contribution >= 0.6 is 0 Å². The minimum Gasteiger partial charge on any atom is -0.311 e. The number of nitrogens with zero attached hydrogens (tertiary/aromatic N) is 3. The molecule has 0 radical (unpaired) electrons. The monoisotopic (exact) mass is 635 g/mol. The van der Waals surface area contributed by atoms with Crippen molar-refractivity contribution < 1.29 is 0 Å². The van der Waals surface area contributed by atoms with Gasteiger partial charge in [0.05, 0.1) is 0 Å². The summed E-state index contributed by atoms with van der Waals surface area (Å²) in [5, 5.41) is 0. The highest BCUT2D eigenvalue weighted by molar-refractivity contribution is 5.83. The molecular weight excluding hydrogens is 595 g/mol. The molecule has 0 saturated heterocycles. The van der Waals surface area contributed by atoms with Crippen molar-refractivity contribution in [3.63, 3.8) is 0 Å². The van der Waals surface area contributed by atoms with Crippen molar-refractivity contribution in [2.75, 3.05) is 14.7 Å². The normalized spacial score (nSPS) is 11.5. The molecule has 0 spiro atoms. The van der Waals surface area contributed by atoms with Crippen LogP contribution in [-0.2, 0) is 0 Å². The second kappa shape index (κ2) is 14.8. The molecule has 0 aliphatic rings. The summed E-state index contributed by atoms with van der Waals surface area (Å²) < 4.78 is 0. The van der Waals surface area contributed by atoms with Crippen molar-refractivity contribution >= 4 is 51.2 Å². The maximum atomic E-state index is 2.35. The summed E-state index contributed by atoms with van der Waals surface area (Å²) in [6.45, 7) is 4.54. The first-order valence-corrected chi connectivity index (χ1v) is 17.1. The molecule has 3 nitrogen and oxygen atoms in total. The summed E-state index contributed by atoms with van der Waals surface area (Å²) in [7, 11) is 0. The molecule has 0 N–H and O–H groups in total. The molecule has 3 heteroatoms. The van der Waals surface area contributed by atoms with E-state index in [2.05, 4.69) is 223 Å². The largest absolute Gasteiger partial charge is 0.311 e. The fraction of sp³-hybridized carbons (Fsp3) is 0.0870. The fourth-order valence-electron chi connectivity index (χ4n) is 6.34. The van der Waals surface area contributed by atoms with Crippen LogP contribution < -0.4 is 14.7 Å². The molecule has 1 atom stereocenters. The van der Waals surface area contributed by atoms with E-state index in [1.165, 1.54) is 5.56 Å². The number of hydrogen-bond acceptors (Lipinski definition) is 3. The Kier molecular flexibility index (Phi) is 9.52. The van der Waals surface area contributed by atoms with Gasteiger partial charge >= 0.3 is 0 Å². The van der Waals surface area contributed by atoms with Crippen LogP contribution in [0.5, 0.6) is 0 Å². The van der Waals surface area contributed by atoms with Crippen molar-refractivity contribution in [2.24, 2.45) is 0 Å². The highest BCUT2D eigenvalue weighted by Gasteiger charge is 2.18. The molecule has 1 unspecified atom stereocenters. The van der Waals surface area contributed by atoms with E-state index in [1.54, 1.807) is 0 Å². The lowest BCUT2D eigenvalue weighted by Gasteiger charge is -2.29. The molecule has 0 saturated carbocycles. The van der Waals surface area contributed by atoms with Gasteiger partial charge in [-0.2, -0.15) is 0 Å². The van der Waals surface area contributed by atoms with Crippen LogP contribution in [0.4, 0.5) is 51.2 Å². The first kappa shape index (κ1) is 31.5. The van der Waals surface area contributed by atoms with E-state index in [0.29, 0.717) is 5.92 Å². The lowest BCUT2D eigenvalue weighted by Crippen LogP contribution is -2.13. The van der Waals surface area contributed by atoms with E-state index in [1.807, 2.05) is 0 Å². The Bertz CT molecular complexity index is 1820. The van der Waals surface area contributed by atoms with Crippen molar-refractivity contribution in [3.8, 4) is 0 Å². The Morgan fingerprint density at radius 3 is 0.735 bits per heavy atom. The molecule has 0 aliphatic heterocycles. The number of benzene rings is 7. The van der Waals surface area contributed by atoms with Crippen molar-refractivity contribution in [1.82, 2.24) is 0 Å². The molecule has 49 heavy (non-hydrogen) atoms. The molecule has 0 fully saturated rings. The minimum atomic E-state index is 0.518. The zero-order valence-electron chi connectivity index (χ0n) is 28.1. The van der Waals surface area contributed by atoms with Crippen molar-refractivity contribution in [1.29, 1.82) is 0 Å². The van der Waals surface area contributed by atoms with Gasteiger partial charge in [0.1, 0.15) is 0 Å². The molecule has 0 aromatic heterocycles. The topological polar surface area (TPSA) is 9.72 Å². The summed E-state index contributed by atoms with van der Waals surface area (Å²) in [6, 6.07) is 69.0. The maximum absolute atomic E-state index is 2.35. The highest BCUT2D eigenvalue weighted by atomic mass is 15.2. The van der Waals surface area contributed by atoms with Gasteiger partial charge in [0.15, 0.2) is 0 Å². The van der Waals surface area contributed by atoms with Gasteiger partial charge in [0, 0.05) is 51.2 Å². The van der Waals surface area contributed by atoms with Gasteiger partial charge in [-0.1, -0.05) is 98.8 Å². The predicted octanol–water partition coefficient (Wildman–Crippen LogP) is 13.6. The van der Waals surface area contributed by atoms with Gasteiger partial charge in [0.2, 0.25) is 0 Å². The minimum absolute atomic E-state index is 0.518. The summed E-state index contributed by atoms with van der Waals surface area (Å²) in [5.41, 5.74) is 11.4. The van der Waals surface area contributed by atoms with Gasteiger partial charge < -0.3 is 14.7 Å². The van der Waals surface area contributed by atoms with Gasteiger partial charge in [-0.15, -0.1) is 0 Å². The third kappa shape index (κ3) is 6.97. The highest BCUT2D eigenvalue weighted by Crippen LogP contribution is 2.41. The lowest BCUT2D eigenvalue weighted by atomic mass is 9.98. The molecule has 0 aliphatic carbocycles. The van der Waals surface area contributed by atoms with E-state index < -0.39 is 0 Å². The van der Waals surface area contributed by atoms with Crippen LogP contribution in [-0.4, -0.2) is 0 Å². The second-order valence-electron chi connectivity index (χ2n) is 12.3. The summed E-state index contributed by atoms with van der Waals surface area (Å²) in [6.07, 6.45) is 1.12. The molecule has 7 rings (SSSR count). The van der Waals surface area contributed by atoms with Crippen LogP contribution in [0.15, 0.2) is 194 Å². The zero-order chi connectivity index (χ0) is 33.4. The first-order chi connectivity index (χ1) is 24.2. The summed E-state index contributed by atoms with van der Waals surface area (Å²) in [4.78, 5) is 6.94. The summed E-state index contributed by atoms with van der Waals surface area (Å²) in [5.74, 6) is 0.518. The quantitative estimate of drug-likeness (QED) is 0.140. The van der Waals surface area contributed by atoms with Gasteiger partial charge in [0.25, 0.3) is 0 Å². The van der Waals surface area contributed by atoms with Crippen LogP contribution in [0.3, 0.4) is 0 Å². The average molecular weight is 636 g/mol. The Morgan fingerprint density at radius 2 is 0.510 bits per heavy atom. The Morgan fingerprint density at radius 1 is 0.306 bits per heavy atom. The number of rotatable bonds is 11. The number of hydrogen-bond donors (Lipinski definition) is 0. The van der Waals surface area contributed by atoms with Gasteiger partial charge in [-0.25, -0.2) is 0 Å². The molecule has 0 amide bonds. The fourth-order valence-corrected chi connectivity index (χ4v) is 6.34. The number of anilines is 9. The summed E-state index contributed by atoms with van der Waals surface area (Å²) >= 11 is 0. The predicted molar refractivity (Wildman–Crippen MR) is 209 cm³/mol. The van der Waals surface area contributed by atoms with Crippen LogP contribution in [0.2, 0.25) is 0 Å². The maximum Gasteiger partial charge on any atom is 0.0463 e. The molecule has 7 aromatic carbocycles. The average Bonchev–Trinajstić information content (AvgIpc) is 3.18. The lowest BCUT2D eigenvalue weighted by molar-refractivity contribution is 0.733. The molecule has 0 bridgehead atoms. The Hall–Kier alpha value is -6.06. The van der Waals surface area contributed by atoms with Crippen LogP contribution in [0.1, 0.15) is 31.7 Å².